The molecule has 1 aliphatic heterocycles. The van der Waals surface area contributed by atoms with Gasteiger partial charge in [-0.05, 0) is 18.6 Å². The smallest absolute Gasteiger partial charge is 0.255 e. The number of anilines is 1. The Labute approximate surface area is 147 Å². The molecule has 0 aromatic carbocycles. The first-order chi connectivity index (χ1) is 12.0. The zero-order valence-corrected chi connectivity index (χ0v) is 14.6. The second-order valence-electron chi connectivity index (χ2n) is 7.04. The van der Waals surface area contributed by atoms with E-state index in [9.17, 15) is 9.90 Å². The summed E-state index contributed by atoms with van der Waals surface area (Å²) in [5, 5.41) is 12.7. The lowest BCUT2D eigenvalue weighted by Gasteiger charge is -2.30. The fourth-order valence-corrected chi connectivity index (χ4v) is 2.73. The molecule has 1 aliphatic rings. The second-order valence-corrected chi connectivity index (χ2v) is 7.04. The molecule has 7 heteroatoms. The lowest BCUT2D eigenvalue weighted by Crippen LogP contribution is -2.37. The van der Waals surface area contributed by atoms with Crippen molar-refractivity contribution in [1.29, 1.82) is 0 Å². The SMILES string of the molecule is CC(C)(CO)CNc1ncnc2c1CCN(C(=O)c1cccnc1)C2. The van der Waals surface area contributed by atoms with Crippen LogP contribution in [-0.4, -0.2) is 50.6 Å². The lowest BCUT2D eigenvalue weighted by atomic mass is 9.95. The molecule has 3 rings (SSSR count). The third-order valence-electron chi connectivity index (χ3n) is 4.37. The highest BCUT2D eigenvalue weighted by Gasteiger charge is 2.26. The van der Waals surface area contributed by atoms with Crippen molar-refractivity contribution in [3.05, 3.63) is 47.7 Å². The van der Waals surface area contributed by atoms with Crippen LogP contribution in [0, 0.1) is 5.41 Å². The highest BCUT2D eigenvalue weighted by Crippen LogP contribution is 2.25. The minimum absolute atomic E-state index is 0.0340. The summed E-state index contributed by atoms with van der Waals surface area (Å²) in [5.74, 6) is 0.758. The van der Waals surface area contributed by atoms with Gasteiger partial charge < -0.3 is 15.3 Å². The molecule has 0 unspecified atom stereocenters. The minimum Gasteiger partial charge on any atom is -0.396 e. The molecule has 0 spiro atoms. The number of amides is 1. The molecule has 0 saturated carbocycles. The maximum atomic E-state index is 12.6. The monoisotopic (exact) mass is 341 g/mol. The van der Waals surface area contributed by atoms with Crippen LogP contribution in [0.4, 0.5) is 5.82 Å². The first kappa shape index (κ1) is 17.3. The van der Waals surface area contributed by atoms with Crippen LogP contribution in [0.3, 0.4) is 0 Å². The molecule has 25 heavy (non-hydrogen) atoms. The van der Waals surface area contributed by atoms with Gasteiger partial charge in [0.1, 0.15) is 12.1 Å². The summed E-state index contributed by atoms with van der Waals surface area (Å²) in [6.45, 7) is 5.77. The number of aliphatic hydroxyl groups excluding tert-OH is 1. The lowest BCUT2D eigenvalue weighted by molar-refractivity contribution is 0.0731. The molecule has 3 heterocycles. The molecule has 132 valence electrons. The van der Waals surface area contributed by atoms with Gasteiger partial charge in [0.15, 0.2) is 0 Å². The van der Waals surface area contributed by atoms with Crippen molar-refractivity contribution < 1.29 is 9.90 Å². The predicted molar refractivity (Wildman–Crippen MR) is 94.1 cm³/mol. The molecule has 7 nitrogen and oxygen atoms in total. The molecule has 0 saturated heterocycles. The normalized spacial score (nSPS) is 14.1. The van der Waals surface area contributed by atoms with Gasteiger partial charge in [0.05, 0.1) is 17.8 Å². The van der Waals surface area contributed by atoms with E-state index in [0.29, 0.717) is 31.6 Å². The Morgan fingerprint density at radius 2 is 2.24 bits per heavy atom. The zero-order chi connectivity index (χ0) is 17.9. The second kappa shape index (κ2) is 7.14. The van der Waals surface area contributed by atoms with Crippen molar-refractivity contribution in [3.63, 3.8) is 0 Å². The highest BCUT2D eigenvalue weighted by atomic mass is 16.3. The van der Waals surface area contributed by atoms with Crippen LogP contribution in [-0.2, 0) is 13.0 Å². The molecular weight excluding hydrogens is 318 g/mol. The van der Waals surface area contributed by atoms with Crippen LogP contribution in [0.2, 0.25) is 0 Å². The van der Waals surface area contributed by atoms with E-state index in [-0.39, 0.29) is 17.9 Å². The van der Waals surface area contributed by atoms with E-state index in [4.69, 9.17) is 0 Å². The maximum Gasteiger partial charge on any atom is 0.255 e. The van der Waals surface area contributed by atoms with E-state index >= 15 is 0 Å². The van der Waals surface area contributed by atoms with Gasteiger partial charge in [-0.2, -0.15) is 0 Å². The average Bonchev–Trinajstić information content (AvgIpc) is 2.66. The summed E-state index contributed by atoms with van der Waals surface area (Å²) < 4.78 is 0. The van der Waals surface area contributed by atoms with Crippen LogP contribution in [0.25, 0.3) is 0 Å². The van der Waals surface area contributed by atoms with E-state index in [1.165, 1.54) is 6.33 Å². The number of carbonyl (C=O) groups excluding carboxylic acids is 1. The fraction of sp³-hybridized carbons (Fsp3) is 0.444. The number of fused-ring (bicyclic) bond motifs is 1. The molecule has 2 aromatic rings. The quantitative estimate of drug-likeness (QED) is 0.856. The predicted octanol–water partition coefficient (Wildman–Crippen LogP) is 1.50. The van der Waals surface area contributed by atoms with Crippen LogP contribution in [0.15, 0.2) is 30.9 Å². The molecule has 0 atom stereocenters. The summed E-state index contributed by atoms with van der Waals surface area (Å²) in [6.07, 6.45) is 5.46. The third-order valence-corrected chi connectivity index (χ3v) is 4.37. The largest absolute Gasteiger partial charge is 0.396 e. The number of nitrogens with zero attached hydrogens (tertiary/aromatic N) is 4. The molecule has 0 fully saturated rings. The first-order valence-electron chi connectivity index (χ1n) is 8.37. The summed E-state index contributed by atoms with van der Waals surface area (Å²) in [7, 11) is 0. The molecular formula is C18H23N5O2. The topological polar surface area (TPSA) is 91.2 Å². The highest BCUT2D eigenvalue weighted by molar-refractivity contribution is 5.94. The first-order valence-corrected chi connectivity index (χ1v) is 8.37. The van der Waals surface area contributed by atoms with Gasteiger partial charge in [0, 0.05) is 43.1 Å². The third kappa shape index (κ3) is 3.93. The Bertz CT molecular complexity index is 748. The van der Waals surface area contributed by atoms with Gasteiger partial charge >= 0.3 is 0 Å². The van der Waals surface area contributed by atoms with E-state index in [0.717, 1.165) is 17.1 Å². The standard InChI is InChI=1S/C18H23N5O2/c1-18(2,11-24)10-20-16-14-5-7-23(9-15(14)21-12-22-16)17(25)13-4-3-6-19-8-13/h3-4,6,8,12,24H,5,7,9-11H2,1-2H3,(H,20,21,22). The van der Waals surface area contributed by atoms with Crippen LogP contribution in [0.5, 0.6) is 0 Å². The Kier molecular flexibility index (Phi) is 4.94. The summed E-state index contributed by atoms with van der Waals surface area (Å²) in [4.78, 5) is 27.1. The van der Waals surface area contributed by atoms with Gasteiger partial charge in [0.2, 0.25) is 0 Å². The van der Waals surface area contributed by atoms with Gasteiger partial charge in [0.25, 0.3) is 5.91 Å². The number of hydrogen-bond donors (Lipinski definition) is 2. The van der Waals surface area contributed by atoms with Crippen LogP contribution in [0.1, 0.15) is 35.5 Å². The Hall–Kier alpha value is -2.54. The number of aliphatic hydroxyl groups is 1. The molecule has 2 aromatic heterocycles. The number of nitrogens with one attached hydrogen (secondary N) is 1. The zero-order valence-electron chi connectivity index (χ0n) is 14.6. The van der Waals surface area contributed by atoms with Crippen LogP contribution < -0.4 is 5.32 Å². The summed E-state index contributed by atoms with van der Waals surface area (Å²) >= 11 is 0. The van der Waals surface area contributed by atoms with Crippen molar-refractivity contribution in [1.82, 2.24) is 19.9 Å². The van der Waals surface area contributed by atoms with Crippen molar-refractivity contribution in [2.45, 2.75) is 26.8 Å². The molecule has 1 amide bonds. The van der Waals surface area contributed by atoms with Gasteiger partial charge in [-0.15, -0.1) is 0 Å². The minimum atomic E-state index is -0.227. The fourth-order valence-electron chi connectivity index (χ4n) is 2.73. The summed E-state index contributed by atoms with van der Waals surface area (Å²) in [5.41, 5.74) is 2.27. The molecule has 0 aliphatic carbocycles. The number of rotatable bonds is 5. The van der Waals surface area contributed by atoms with Crippen molar-refractivity contribution in [2.24, 2.45) is 5.41 Å². The Morgan fingerprint density at radius 1 is 1.40 bits per heavy atom. The van der Waals surface area contributed by atoms with E-state index in [1.54, 1.807) is 29.4 Å². The maximum absolute atomic E-state index is 12.6. The van der Waals surface area contributed by atoms with Crippen molar-refractivity contribution in [2.75, 3.05) is 25.0 Å². The Balaban J connectivity index is 1.74. The Morgan fingerprint density at radius 3 is 2.96 bits per heavy atom. The number of aromatic nitrogens is 3. The number of pyridine rings is 1. The van der Waals surface area contributed by atoms with Crippen molar-refractivity contribution in [3.8, 4) is 0 Å². The van der Waals surface area contributed by atoms with Crippen LogP contribution >= 0.6 is 0 Å². The summed E-state index contributed by atoms with van der Waals surface area (Å²) in [6, 6.07) is 3.53. The van der Waals surface area contributed by atoms with E-state index in [1.807, 2.05) is 13.8 Å². The number of carbonyl (C=O) groups is 1. The molecule has 0 bridgehead atoms. The van der Waals surface area contributed by atoms with Gasteiger partial charge in [-0.3, -0.25) is 9.78 Å². The van der Waals surface area contributed by atoms with Gasteiger partial charge in [-0.1, -0.05) is 13.8 Å². The molecule has 2 N–H and O–H groups in total. The van der Waals surface area contributed by atoms with Gasteiger partial charge in [-0.25, -0.2) is 9.97 Å². The van der Waals surface area contributed by atoms with E-state index in [2.05, 4.69) is 20.3 Å². The average molecular weight is 341 g/mol. The number of hydrogen-bond acceptors (Lipinski definition) is 6. The van der Waals surface area contributed by atoms with E-state index < -0.39 is 0 Å². The van der Waals surface area contributed by atoms with Crippen molar-refractivity contribution >= 4 is 11.7 Å². The molecule has 0 radical (unpaired) electrons.